The highest BCUT2D eigenvalue weighted by Crippen LogP contribution is 1.87. The Labute approximate surface area is 97.2 Å². The highest BCUT2D eigenvalue weighted by Gasteiger charge is 2.00. The van der Waals surface area contributed by atoms with E-state index in [0.29, 0.717) is 5.69 Å². The number of amides is 1. The molecule has 17 heavy (non-hydrogen) atoms. The Morgan fingerprint density at radius 1 is 1.53 bits per heavy atom. The van der Waals surface area contributed by atoms with Gasteiger partial charge in [-0.3, -0.25) is 9.78 Å². The molecule has 7 heteroatoms. The lowest BCUT2D eigenvalue weighted by Crippen LogP contribution is -2.23. The molecule has 0 aliphatic heterocycles. The molecule has 0 aliphatic carbocycles. The standard InChI is InChI=1S/C10H10N6O/c17-10(6-16-8-11-7-14-16)15-13-5-9-3-1-2-4-12-9/h1-5,7-8H,6H2,(H,15,17). The lowest BCUT2D eigenvalue weighted by Gasteiger charge is -1.98. The Bertz CT molecular complexity index is 493. The van der Waals surface area contributed by atoms with Crippen LogP contribution in [0.1, 0.15) is 5.69 Å². The fourth-order valence-electron chi connectivity index (χ4n) is 1.12. The van der Waals surface area contributed by atoms with Crippen LogP contribution in [0.2, 0.25) is 0 Å². The predicted molar refractivity (Wildman–Crippen MR) is 60.0 cm³/mol. The quantitative estimate of drug-likeness (QED) is 0.583. The largest absolute Gasteiger partial charge is 0.271 e. The monoisotopic (exact) mass is 230 g/mol. The minimum Gasteiger partial charge on any atom is -0.271 e. The van der Waals surface area contributed by atoms with Gasteiger partial charge in [0.05, 0.1) is 11.9 Å². The van der Waals surface area contributed by atoms with Gasteiger partial charge < -0.3 is 0 Å². The van der Waals surface area contributed by atoms with Crippen molar-refractivity contribution in [2.24, 2.45) is 5.10 Å². The van der Waals surface area contributed by atoms with Crippen LogP contribution < -0.4 is 5.43 Å². The third kappa shape index (κ3) is 3.49. The summed E-state index contributed by atoms with van der Waals surface area (Å²) in [7, 11) is 0. The molecule has 0 bridgehead atoms. The smallest absolute Gasteiger partial charge is 0.261 e. The molecule has 0 saturated carbocycles. The van der Waals surface area contributed by atoms with Gasteiger partial charge in [-0.25, -0.2) is 15.1 Å². The fourth-order valence-corrected chi connectivity index (χ4v) is 1.12. The van der Waals surface area contributed by atoms with Crippen molar-refractivity contribution in [3.8, 4) is 0 Å². The second kappa shape index (κ2) is 5.50. The van der Waals surface area contributed by atoms with E-state index < -0.39 is 0 Å². The zero-order valence-corrected chi connectivity index (χ0v) is 8.89. The fraction of sp³-hybridized carbons (Fsp3) is 0.100. The number of hydrazone groups is 1. The van der Waals surface area contributed by atoms with E-state index in [0.717, 1.165) is 0 Å². The number of rotatable bonds is 4. The van der Waals surface area contributed by atoms with Gasteiger partial charge in [-0.15, -0.1) is 0 Å². The number of hydrogen-bond acceptors (Lipinski definition) is 5. The second-order valence-electron chi connectivity index (χ2n) is 3.14. The molecule has 7 nitrogen and oxygen atoms in total. The number of nitrogens with zero attached hydrogens (tertiary/aromatic N) is 5. The summed E-state index contributed by atoms with van der Waals surface area (Å²) in [6.45, 7) is 0.0829. The van der Waals surface area contributed by atoms with Crippen LogP contribution >= 0.6 is 0 Å². The van der Waals surface area contributed by atoms with Crippen LogP contribution in [0.25, 0.3) is 0 Å². The molecule has 2 aromatic rings. The molecule has 1 N–H and O–H groups in total. The first-order valence-electron chi connectivity index (χ1n) is 4.90. The number of hydrogen-bond donors (Lipinski definition) is 1. The van der Waals surface area contributed by atoms with Crippen LogP contribution in [0.5, 0.6) is 0 Å². The number of pyridine rings is 1. The van der Waals surface area contributed by atoms with E-state index in [2.05, 4.69) is 25.6 Å². The van der Waals surface area contributed by atoms with Crippen molar-refractivity contribution in [3.63, 3.8) is 0 Å². The molecule has 0 unspecified atom stereocenters. The summed E-state index contributed by atoms with van der Waals surface area (Å²) in [5.74, 6) is -0.275. The predicted octanol–water partition coefficient (Wildman–Crippen LogP) is -0.177. The van der Waals surface area contributed by atoms with Gasteiger partial charge in [0.1, 0.15) is 19.2 Å². The third-order valence-corrected chi connectivity index (χ3v) is 1.85. The molecular weight excluding hydrogens is 220 g/mol. The molecule has 2 rings (SSSR count). The minimum atomic E-state index is -0.275. The van der Waals surface area contributed by atoms with Gasteiger partial charge in [0.15, 0.2) is 0 Å². The maximum absolute atomic E-state index is 11.4. The van der Waals surface area contributed by atoms with Gasteiger partial charge in [-0.1, -0.05) is 6.07 Å². The van der Waals surface area contributed by atoms with Crippen LogP contribution in [0.4, 0.5) is 0 Å². The Kier molecular flexibility index (Phi) is 3.53. The van der Waals surface area contributed by atoms with E-state index in [9.17, 15) is 4.79 Å². The zero-order valence-electron chi connectivity index (χ0n) is 8.89. The van der Waals surface area contributed by atoms with E-state index in [1.807, 2.05) is 6.07 Å². The van der Waals surface area contributed by atoms with Crippen molar-refractivity contribution < 1.29 is 4.79 Å². The maximum Gasteiger partial charge on any atom is 0.261 e. The van der Waals surface area contributed by atoms with Crippen molar-refractivity contribution in [2.75, 3.05) is 0 Å². The van der Waals surface area contributed by atoms with Crippen molar-refractivity contribution in [2.45, 2.75) is 6.54 Å². The summed E-state index contributed by atoms with van der Waals surface area (Å²) in [6, 6.07) is 5.43. The first kappa shape index (κ1) is 10.9. The number of carbonyl (C=O) groups excluding carboxylic acids is 1. The SMILES string of the molecule is O=C(Cn1cncn1)NN=Cc1ccccn1. The average Bonchev–Trinajstić information content (AvgIpc) is 2.83. The summed E-state index contributed by atoms with van der Waals surface area (Å²) >= 11 is 0. The summed E-state index contributed by atoms with van der Waals surface area (Å²) in [6.07, 6.45) is 5.95. The number of nitrogens with one attached hydrogen (secondary N) is 1. The van der Waals surface area contributed by atoms with Crippen LogP contribution in [-0.4, -0.2) is 31.9 Å². The lowest BCUT2D eigenvalue weighted by molar-refractivity contribution is -0.121. The molecule has 0 atom stereocenters. The molecule has 0 saturated heterocycles. The molecule has 2 aromatic heterocycles. The highest BCUT2D eigenvalue weighted by molar-refractivity contribution is 5.80. The van der Waals surface area contributed by atoms with Crippen LogP contribution in [0.15, 0.2) is 42.2 Å². The van der Waals surface area contributed by atoms with E-state index in [1.165, 1.54) is 23.6 Å². The molecule has 0 aromatic carbocycles. The van der Waals surface area contributed by atoms with Crippen LogP contribution in [-0.2, 0) is 11.3 Å². The van der Waals surface area contributed by atoms with Gasteiger partial charge in [-0.2, -0.15) is 10.2 Å². The molecule has 0 fully saturated rings. The van der Waals surface area contributed by atoms with Gasteiger partial charge in [-0.05, 0) is 12.1 Å². The summed E-state index contributed by atoms with van der Waals surface area (Å²) in [5, 5.41) is 7.58. The second-order valence-corrected chi connectivity index (χ2v) is 3.14. The minimum absolute atomic E-state index is 0.0829. The first-order valence-corrected chi connectivity index (χ1v) is 4.90. The molecule has 86 valence electrons. The van der Waals surface area contributed by atoms with E-state index in [1.54, 1.807) is 18.3 Å². The molecule has 1 amide bonds. The lowest BCUT2D eigenvalue weighted by atomic mass is 10.4. The van der Waals surface area contributed by atoms with Crippen molar-refractivity contribution in [1.82, 2.24) is 25.2 Å². The first-order chi connectivity index (χ1) is 8.34. The molecule has 2 heterocycles. The Morgan fingerprint density at radius 3 is 3.18 bits per heavy atom. The summed E-state index contributed by atoms with van der Waals surface area (Å²) < 4.78 is 1.41. The molecule has 0 radical (unpaired) electrons. The van der Waals surface area contributed by atoms with Crippen molar-refractivity contribution in [1.29, 1.82) is 0 Å². The van der Waals surface area contributed by atoms with Crippen LogP contribution in [0, 0.1) is 0 Å². The Hall–Kier alpha value is -2.57. The van der Waals surface area contributed by atoms with Crippen LogP contribution in [0.3, 0.4) is 0 Å². The van der Waals surface area contributed by atoms with Crippen molar-refractivity contribution >= 4 is 12.1 Å². The Balaban J connectivity index is 1.82. The van der Waals surface area contributed by atoms with Gasteiger partial charge in [0.2, 0.25) is 0 Å². The molecule has 0 spiro atoms. The average molecular weight is 230 g/mol. The Morgan fingerprint density at radius 2 is 2.47 bits per heavy atom. The maximum atomic E-state index is 11.4. The summed E-state index contributed by atoms with van der Waals surface area (Å²) in [5.41, 5.74) is 3.05. The molecular formula is C10H10N6O. The molecule has 0 aliphatic rings. The number of carbonyl (C=O) groups is 1. The van der Waals surface area contributed by atoms with E-state index in [-0.39, 0.29) is 12.5 Å². The van der Waals surface area contributed by atoms with Gasteiger partial charge in [0.25, 0.3) is 5.91 Å². The van der Waals surface area contributed by atoms with Gasteiger partial charge in [0, 0.05) is 6.20 Å². The third-order valence-electron chi connectivity index (χ3n) is 1.85. The van der Waals surface area contributed by atoms with E-state index >= 15 is 0 Å². The number of aromatic nitrogens is 4. The zero-order chi connectivity index (χ0) is 11.9. The normalized spacial score (nSPS) is 10.6. The van der Waals surface area contributed by atoms with Gasteiger partial charge >= 0.3 is 0 Å². The highest BCUT2D eigenvalue weighted by atomic mass is 16.2. The van der Waals surface area contributed by atoms with E-state index in [4.69, 9.17) is 0 Å². The topological polar surface area (TPSA) is 85.1 Å². The summed E-state index contributed by atoms with van der Waals surface area (Å²) in [4.78, 5) is 19.1. The van der Waals surface area contributed by atoms with Crippen molar-refractivity contribution in [3.05, 3.63) is 42.7 Å².